The summed E-state index contributed by atoms with van der Waals surface area (Å²) in [5.74, 6) is 0.161. The van der Waals surface area contributed by atoms with Crippen molar-refractivity contribution in [3.05, 3.63) is 41.4 Å². The van der Waals surface area contributed by atoms with Gasteiger partial charge in [0.1, 0.15) is 24.0 Å². The van der Waals surface area contributed by atoms with Crippen molar-refractivity contribution in [2.45, 2.75) is 45.8 Å². The SMILES string of the molecule is Cc1ccc(CN2CCn3c(COCC(=O)N(C)C)cnc3C2C)o1.O=C(O)C(F)(F)F. The van der Waals surface area contributed by atoms with Crippen LogP contribution in [0.1, 0.15) is 36.0 Å². The number of aromatic nitrogens is 2. The molecule has 1 unspecified atom stereocenters. The monoisotopic (exact) mass is 460 g/mol. The number of ether oxygens (including phenoxy) is 1. The summed E-state index contributed by atoms with van der Waals surface area (Å²) in [7, 11) is 3.45. The average molecular weight is 460 g/mol. The fourth-order valence-electron chi connectivity index (χ4n) is 3.08. The number of carbonyl (C=O) groups excluding carboxylic acids is 1. The third-order valence-electron chi connectivity index (χ3n) is 4.87. The van der Waals surface area contributed by atoms with E-state index in [0.717, 1.165) is 42.7 Å². The number of alkyl halides is 3. The van der Waals surface area contributed by atoms with E-state index in [1.807, 2.05) is 25.3 Å². The van der Waals surface area contributed by atoms with E-state index in [-0.39, 0.29) is 18.6 Å². The van der Waals surface area contributed by atoms with Crippen molar-refractivity contribution in [3.63, 3.8) is 0 Å². The summed E-state index contributed by atoms with van der Waals surface area (Å²) >= 11 is 0. The van der Waals surface area contributed by atoms with Gasteiger partial charge in [0.05, 0.1) is 31.1 Å². The Balaban J connectivity index is 0.000000451. The lowest BCUT2D eigenvalue weighted by Crippen LogP contribution is -2.37. The van der Waals surface area contributed by atoms with Crippen LogP contribution in [0.25, 0.3) is 0 Å². The highest BCUT2D eigenvalue weighted by atomic mass is 19.4. The number of fused-ring (bicyclic) bond motifs is 1. The molecule has 0 aliphatic carbocycles. The second-order valence-electron chi connectivity index (χ2n) is 7.50. The first-order valence-electron chi connectivity index (χ1n) is 9.81. The number of aliphatic carboxylic acids is 1. The van der Waals surface area contributed by atoms with Crippen LogP contribution in [0.3, 0.4) is 0 Å². The minimum absolute atomic E-state index is 0.0355. The van der Waals surface area contributed by atoms with Gasteiger partial charge in [0.2, 0.25) is 5.91 Å². The first kappa shape index (κ1) is 25.4. The van der Waals surface area contributed by atoms with Crippen molar-refractivity contribution in [3.8, 4) is 0 Å². The number of hydrogen-bond donors (Lipinski definition) is 1. The highest BCUT2D eigenvalue weighted by Crippen LogP contribution is 2.27. The zero-order chi connectivity index (χ0) is 24.1. The number of carbonyl (C=O) groups is 2. The molecule has 0 spiro atoms. The molecule has 9 nitrogen and oxygen atoms in total. The molecule has 12 heteroatoms. The Morgan fingerprint density at radius 3 is 2.50 bits per heavy atom. The Morgan fingerprint density at radius 2 is 1.97 bits per heavy atom. The molecule has 0 saturated heterocycles. The van der Waals surface area contributed by atoms with Crippen molar-refractivity contribution in [2.75, 3.05) is 27.2 Å². The summed E-state index contributed by atoms with van der Waals surface area (Å²) in [6.45, 7) is 7.18. The molecule has 0 fully saturated rings. The summed E-state index contributed by atoms with van der Waals surface area (Å²) in [6, 6.07) is 4.23. The van der Waals surface area contributed by atoms with Gasteiger partial charge in [-0.15, -0.1) is 0 Å². The fourth-order valence-corrected chi connectivity index (χ4v) is 3.08. The Labute approximate surface area is 183 Å². The summed E-state index contributed by atoms with van der Waals surface area (Å²) in [5, 5.41) is 7.12. The average Bonchev–Trinajstić information content (AvgIpc) is 3.30. The third kappa shape index (κ3) is 6.82. The van der Waals surface area contributed by atoms with Gasteiger partial charge in [-0.2, -0.15) is 13.2 Å². The maximum Gasteiger partial charge on any atom is 0.490 e. The maximum atomic E-state index is 11.6. The third-order valence-corrected chi connectivity index (χ3v) is 4.87. The van der Waals surface area contributed by atoms with Crippen LogP contribution in [0.2, 0.25) is 0 Å². The smallest absolute Gasteiger partial charge is 0.475 e. The van der Waals surface area contributed by atoms with E-state index in [4.69, 9.17) is 19.1 Å². The number of likely N-dealkylation sites (N-methyl/N-ethyl adjacent to an activating group) is 1. The van der Waals surface area contributed by atoms with Crippen molar-refractivity contribution >= 4 is 11.9 Å². The van der Waals surface area contributed by atoms with Gasteiger partial charge >= 0.3 is 12.1 Å². The predicted molar refractivity (Wildman–Crippen MR) is 107 cm³/mol. The summed E-state index contributed by atoms with van der Waals surface area (Å²) in [6.07, 6.45) is -3.23. The standard InChI is InChI=1S/C18H26N4O3.C2HF3O2/c1-13-5-6-16(25-13)10-21-7-8-22-15(9-19-18(22)14(21)2)11-24-12-17(23)20(3)4;3-2(4,5)1(6)7/h5-6,9,14H,7-8,10-12H2,1-4H3;(H,6,7). The summed E-state index contributed by atoms with van der Waals surface area (Å²) in [4.78, 5) is 29.0. The number of halogens is 3. The van der Waals surface area contributed by atoms with Crippen LogP contribution in [0.15, 0.2) is 22.7 Å². The largest absolute Gasteiger partial charge is 0.490 e. The number of hydrogen-bond acceptors (Lipinski definition) is 6. The zero-order valence-electron chi connectivity index (χ0n) is 18.3. The van der Waals surface area contributed by atoms with Gasteiger partial charge in [0.25, 0.3) is 0 Å². The molecule has 1 atom stereocenters. The molecule has 3 rings (SSSR count). The molecule has 2 aromatic rings. The van der Waals surface area contributed by atoms with Gasteiger partial charge < -0.3 is 23.7 Å². The van der Waals surface area contributed by atoms with E-state index < -0.39 is 12.1 Å². The van der Waals surface area contributed by atoms with Gasteiger partial charge in [0, 0.05) is 27.2 Å². The van der Waals surface area contributed by atoms with Crippen LogP contribution in [0.4, 0.5) is 13.2 Å². The molecule has 2 aromatic heterocycles. The highest BCUT2D eigenvalue weighted by molar-refractivity contribution is 5.76. The van der Waals surface area contributed by atoms with E-state index >= 15 is 0 Å². The predicted octanol–water partition coefficient (Wildman–Crippen LogP) is 2.60. The second kappa shape index (κ2) is 10.6. The van der Waals surface area contributed by atoms with E-state index in [1.165, 1.54) is 4.90 Å². The lowest BCUT2D eigenvalue weighted by molar-refractivity contribution is -0.192. The van der Waals surface area contributed by atoms with Crippen LogP contribution in [0.5, 0.6) is 0 Å². The van der Waals surface area contributed by atoms with E-state index in [0.29, 0.717) is 6.61 Å². The Bertz CT molecular complexity index is 923. The van der Waals surface area contributed by atoms with Gasteiger partial charge in [-0.3, -0.25) is 9.69 Å². The number of nitrogens with zero attached hydrogens (tertiary/aromatic N) is 4. The number of carboxylic acid groups (broad SMARTS) is 1. The molecular formula is C20H27F3N4O5. The minimum Gasteiger partial charge on any atom is -0.475 e. The van der Waals surface area contributed by atoms with E-state index in [9.17, 15) is 18.0 Å². The van der Waals surface area contributed by atoms with Crippen LogP contribution in [-0.2, 0) is 34.0 Å². The molecule has 1 aliphatic heterocycles. The van der Waals surface area contributed by atoms with Crippen molar-refractivity contribution in [1.29, 1.82) is 0 Å². The number of amides is 1. The first-order valence-corrected chi connectivity index (χ1v) is 9.81. The molecule has 1 N–H and O–H groups in total. The second-order valence-corrected chi connectivity index (χ2v) is 7.50. The van der Waals surface area contributed by atoms with E-state index in [1.54, 1.807) is 14.1 Å². The number of carboxylic acids is 1. The lowest BCUT2D eigenvalue weighted by Gasteiger charge is -2.33. The Kier molecular flexibility index (Phi) is 8.44. The molecule has 0 saturated carbocycles. The minimum atomic E-state index is -5.08. The highest BCUT2D eigenvalue weighted by Gasteiger charge is 2.38. The van der Waals surface area contributed by atoms with Crippen LogP contribution < -0.4 is 0 Å². The summed E-state index contributed by atoms with van der Waals surface area (Å²) in [5.41, 5.74) is 1.02. The molecule has 1 amide bonds. The topological polar surface area (TPSA) is 101 Å². The number of imidazole rings is 1. The molecular weight excluding hydrogens is 433 g/mol. The molecule has 0 bridgehead atoms. The lowest BCUT2D eigenvalue weighted by atomic mass is 10.2. The van der Waals surface area contributed by atoms with Crippen LogP contribution in [-0.4, -0.2) is 69.8 Å². The number of rotatable bonds is 6. The molecule has 0 radical (unpaired) electrons. The Hall–Kier alpha value is -2.86. The normalized spacial score (nSPS) is 16.2. The molecule has 1 aliphatic rings. The molecule has 32 heavy (non-hydrogen) atoms. The van der Waals surface area contributed by atoms with Crippen LogP contribution >= 0.6 is 0 Å². The van der Waals surface area contributed by atoms with Gasteiger partial charge in [0.15, 0.2) is 0 Å². The van der Waals surface area contributed by atoms with Crippen molar-refractivity contribution < 1.29 is 37.0 Å². The fraction of sp³-hybridized carbons (Fsp3) is 0.550. The van der Waals surface area contributed by atoms with Crippen molar-refractivity contribution in [2.24, 2.45) is 0 Å². The van der Waals surface area contributed by atoms with E-state index in [2.05, 4.69) is 21.4 Å². The maximum absolute atomic E-state index is 11.6. The Morgan fingerprint density at radius 1 is 1.31 bits per heavy atom. The summed E-state index contributed by atoms with van der Waals surface area (Å²) < 4.78 is 45.2. The number of aryl methyl sites for hydroxylation is 1. The molecule has 3 heterocycles. The zero-order valence-corrected chi connectivity index (χ0v) is 18.3. The van der Waals surface area contributed by atoms with Gasteiger partial charge in [-0.25, -0.2) is 9.78 Å². The van der Waals surface area contributed by atoms with Crippen LogP contribution in [0, 0.1) is 6.92 Å². The van der Waals surface area contributed by atoms with Gasteiger partial charge in [-0.1, -0.05) is 0 Å². The quantitative estimate of drug-likeness (QED) is 0.707. The first-order chi connectivity index (χ1) is 14.9. The molecule has 178 valence electrons. The van der Waals surface area contributed by atoms with Crippen molar-refractivity contribution in [1.82, 2.24) is 19.4 Å². The van der Waals surface area contributed by atoms with Gasteiger partial charge in [-0.05, 0) is 26.0 Å². The molecule has 0 aromatic carbocycles. The number of furan rings is 1.